The van der Waals surface area contributed by atoms with E-state index in [9.17, 15) is 19.2 Å². The molecule has 7 atom stereocenters. The second kappa shape index (κ2) is 18.9. The molecule has 14 nitrogen and oxygen atoms in total. The highest BCUT2D eigenvalue weighted by Gasteiger charge is 2.55. The van der Waals surface area contributed by atoms with Gasteiger partial charge in [-0.25, -0.2) is 5.43 Å². The molecule has 69 heavy (non-hydrogen) atoms. The van der Waals surface area contributed by atoms with Gasteiger partial charge in [0.25, 0.3) is 5.91 Å². The minimum Gasteiger partial charge on any atom is -0.464 e. The van der Waals surface area contributed by atoms with Crippen molar-refractivity contribution in [1.29, 1.82) is 0 Å². The lowest BCUT2D eigenvalue weighted by molar-refractivity contribution is -0.155. The van der Waals surface area contributed by atoms with E-state index in [-0.39, 0.29) is 54.2 Å². The zero-order chi connectivity index (χ0) is 48.4. The standard InChI is InChI=1S/C55H72N8O6/c1-8-62-44-19-18-38-28-40(44)41(49(62)39-14-10-22-56-45(39)34(4)68-7)29-54(5,6)32-69-53(67)42-15-11-23-63(59-42)51(65)43(27-35-12-9-13-37(38)26-35)57-50(64)48(33(2)3)60-24-20-55(30-60)21-25-61(31-55)52(66)47-46(58-47)36-16-17-36/h9-10,12-14,18-19,22,26,28,33-34,36,42-43,46-48,58-59H,8,11,15-17,20-21,23-25,27,29-32H2,1-7H3,(H,57,64)/t34-,42-,43-,46+,47+,48-,55-/m0/s1. The molecule has 2 aromatic carbocycles. The van der Waals surface area contributed by atoms with E-state index in [2.05, 4.69) is 101 Å². The van der Waals surface area contributed by atoms with E-state index in [1.165, 1.54) is 17.9 Å². The summed E-state index contributed by atoms with van der Waals surface area (Å²) in [6, 6.07) is 17.3. The van der Waals surface area contributed by atoms with Crippen LogP contribution in [0.3, 0.4) is 0 Å². The van der Waals surface area contributed by atoms with Gasteiger partial charge in [-0.05, 0) is 124 Å². The first-order chi connectivity index (χ1) is 33.2. The Morgan fingerprint density at radius 1 is 0.971 bits per heavy atom. The summed E-state index contributed by atoms with van der Waals surface area (Å²) in [5, 5.41) is 9.38. The number of hydrogen-bond acceptors (Lipinski definition) is 10. The molecule has 0 radical (unpaired) electrons. The molecule has 3 amide bonds. The Morgan fingerprint density at radius 3 is 2.54 bits per heavy atom. The normalized spacial score (nSPS) is 27.1. The molecule has 3 N–H and O–H groups in total. The molecule has 5 fully saturated rings. The van der Waals surface area contributed by atoms with Gasteiger partial charge < -0.3 is 24.3 Å². The Kier molecular flexibility index (Phi) is 13.0. The summed E-state index contributed by atoms with van der Waals surface area (Å²) in [7, 11) is 1.71. The van der Waals surface area contributed by atoms with Gasteiger partial charge in [-0.15, -0.1) is 0 Å². The minimum absolute atomic E-state index is 0.0283. The molecule has 10 rings (SSSR count). The number of carbonyl (C=O) groups is 4. The van der Waals surface area contributed by atoms with Gasteiger partial charge in [-0.2, -0.15) is 0 Å². The quantitative estimate of drug-likeness (QED) is 0.119. The van der Waals surface area contributed by atoms with Crippen molar-refractivity contribution in [2.75, 3.05) is 46.4 Å². The maximum Gasteiger partial charge on any atom is 0.324 e. The molecule has 6 bridgehead atoms. The summed E-state index contributed by atoms with van der Waals surface area (Å²) in [5.41, 5.74) is 10.9. The van der Waals surface area contributed by atoms with E-state index in [4.69, 9.17) is 14.5 Å². The molecular weight excluding hydrogens is 869 g/mol. The van der Waals surface area contributed by atoms with E-state index in [1.54, 1.807) is 7.11 Å². The van der Waals surface area contributed by atoms with Crippen LogP contribution < -0.4 is 16.1 Å². The second-order valence-corrected chi connectivity index (χ2v) is 22.3. The molecule has 368 valence electrons. The van der Waals surface area contributed by atoms with Gasteiger partial charge >= 0.3 is 5.97 Å². The lowest BCUT2D eigenvalue weighted by atomic mass is 9.84. The number of ether oxygens (including phenoxy) is 2. The number of fused-ring (bicyclic) bond motifs is 6. The van der Waals surface area contributed by atoms with Crippen molar-refractivity contribution in [3.63, 3.8) is 0 Å². The van der Waals surface area contributed by atoms with Crippen LogP contribution in [-0.4, -0.2) is 125 Å². The monoisotopic (exact) mass is 941 g/mol. The van der Waals surface area contributed by atoms with Gasteiger partial charge in [-0.1, -0.05) is 58.0 Å². The number of cyclic esters (lactones) is 1. The summed E-state index contributed by atoms with van der Waals surface area (Å²) in [6.45, 7) is 16.9. The first-order valence-corrected chi connectivity index (χ1v) is 25.7. The number of pyridine rings is 1. The highest BCUT2D eigenvalue weighted by molar-refractivity contribution is 5.96. The fraction of sp³-hybridized carbons (Fsp3) is 0.582. The Balaban J connectivity index is 0.968. The average Bonchev–Trinajstić information content (AvgIpc) is 4.25. The number of hydrazine groups is 1. The highest BCUT2D eigenvalue weighted by Crippen LogP contribution is 2.45. The molecule has 4 saturated heterocycles. The number of esters is 1. The van der Waals surface area contributed by atoms with E-state index in [0.29, 0.717) is 37.8 Å². The van der Waals surface area contributed by atoms with Crippen LogP contribution >= 0.6 is 0 Å². The van der Waals surface area contributed by atoms with E-state index in [1.807, 2.05) is 31.3 Å². The van der Waals surface area contributed by atoms with Gasteiger partial charge in [-0.3, -0.25) is 39.4 Å². The van der Waals surface area contributed by atoms with Crippen LogP contribution in [0.15, 0.2) is 60.8 Å². The predicted molar refractivity (Wildman–Crippen MR) is 266 cm³/mol. The third kappa shape index (κ3) is 9.46. The van der Waals surface area contributed by atoms with Crippen molar-refractivity contribution in [1.82, 2.24) is 40.4 Å². The van der Waals surface area contributed by atoms with Crippen LogP contribution in [0, 0.1) is 22.7 Å². The Morgan fingerprint density at radius 2 is 1.77 bits per heavy atom. The van der Waals surface area contributed by atoms with Crippen molar-refractivity contribution >= 4 is 34.6 Å². The predicted octanol–water partition coefficient (Wildman–Crippen LogP) is 6.45. The molecule has 1 saturated carbocycles. The SMILES string of the molecule is CCn1c(-c2cccnc2[C@H](C)OC)c2c3cc(ccc31)-c1cccc(c1)C[C@H](NC(=O)[C@H](C(C)C)N1CC[C@]3(CCN(C(=O)[C@@H]4N[C@@H]4C4CC4)C3)C1)C(=O)N1CCC[C@H](N1)C(=O)OCC(C)(C)C2. The molecule has 0 unspecified atom stereocenters. The summed E-state index contributed by atoms with van der Waals surface area (Å²) in [5.74, 6) is 0.00595. The third-order valence-electron chi connectivity index (χ3n) is 16.2. The smallest absolute Gasteiger partial charge is 0.324 e. The number of likely N-dealkylation sites (tertiary alicyclic amines) is 2. The van der Waals surface area contributed by atoms with E-state index in [0.717, 1.165) is 95.7 Å². The summed E-state index contributed by atoms with van der Waals surface area (Å²) in [6.07, 6.45) is 7.88. The highest BCUT2D eigenvalue weighted by atomic mass is 16.5. The maximum absolute atomic E-state index is 14.9. The number of nitrogens with zero attached hydrogens (tertiary/aromatic N) is 5. The maximum atomic E-state index is 14.9. The topological polar surface area (TPSA) is 160 Å². The van der Waals surface area contributed by atoms with Crippen LogP contribution in [0.25, 0.3) is 33.3 Å². The number of nitrogens with one attached hydrogen (secondary N) is 3. The van der Waals surface area contributed by atoms with Gasteiger partial charge in [0.2, 0.25) is 11.8 Å². The van der Waals surface area contributed by atoms with Crippen molar-refractivity contribution < 1.29 is 28.7 Å². The second-order valence-electron chi connectivity index (χ2n) is 22.3. The van der Waals surface area contributed by atoms with Crippen molar-refractivity contribution in [3.8, 4) is 22.4 Å². The van der Waals surface area contributed by atoms with Crippen LogP contribution in [0.2, 0.25) is 0 Å². The molecule has 4 aromatic rings. The summed E-state index contributed by atoms with van der Waals surface area (Å²) < 4.78 is 14.4. The molecule has 1 spiro atoms. The molecule has 5 aliphatic heterocycles. The number of carbonyl (C=O) groups excluding carboxylic acids is 4. The van der Waals surface area contributed by atoms with Gasteiger partial charge in [0, 0.05) is 85.8 Å². The first kappa shape index (κ1) is 47.5. The molecule has 2 aromatic heterocycles. The van der Waals surface area contributed by atoms with Gasteiger partial charge in [0.1, 0.15) is 18.1 Å². The lowest BCUT2D eigenvalue weighted by Gasteiger charge is -2.37. The molecular formula is C55H72N8O6. The first-order valence-electron chi connectivity index (χ1n) is 25.7. The fourth-order valence-electron chi connectivity index (χ4n) is 12.2. The number of benzene rings is 2. The van der Waals surface area contributed by atoms with Crippen molar-refractivity contribution in [2.45, 2.75) is 136 Å². The lowest BCUT2D eigenvalue weighted by Crippen LogP contribution is -2.62. The van der Waals surface area contributed by atoms with E-state index < -0.39 is 29.5 Å². The van der Waals surface area contributed by atoms with Crippen LogP contribution in [0.4, 0.5) is 0 Å². The zero-order valence-corrected chi connectivity index (χ0v) is 41.7. The van der Waals surface area contributed by atoms with E-state index >= 15 is 0 Å². The number of aromatic nitrogens is 2. The van der Waals surface area contributed by atoms with Crippen molar-refractivity contribution in [3.05, 3.63) is 77.6 Å². The van der Waals surface area contributed by atoms with Crippen LogP contribution in [-0.2, 0) is 48.0 Å². The number of rotatable bonds is 10. The molecule has 1 aliphatic carbocycles. The van der Waals surface area contributed by atoms with Crippen LogP contribution in [0.5, 0.6) is 0 Å². The fourth-order valence-corrected chi connectivity index (χ4v) is 12.2. The third-order valence-corrected chi connectivity index (χ3v) is 16.2. The Labute approximate surface area is 407 Å². The number of hydrogen-bond donors (Lipinski definition) is 3. The summed E-state index contributed by atoms with van der Waals surface area (Å²) >= 11 is 0. The zero-order valence-electron chi connectivity index (χ0n) is 41.7. The average molecular weight is 941 g/mol. The Bertz CT molecular complexity index is 2620. The molecule has 6 aliphatic rings. The van der Waals surface area contributed by atoms with Crippen LogP contribution in [0.1, 0.15) is 103 Å². The summed E-state index contributed by atoms with van der Waals surface area (Å²) in [4.78, 5) is 66.4. The number of aryl methyl sites for hydroxylation is 1. The largest absolute Gasteiger partial charge is 0.464 e. The molecule has 7 heterocycles. The van der Waals surface area contributed by atoms with Gasteiger partial charge in [0.05, 0.1) is 30.1 Å². The Hall–Kier alpha value is -5.15. The van der Waals surface area contributed by atoms with Crippen molar-refractivity contribution in [2.24, 2.45) is 22.7 Å². The minimum atomic E-state index is -0.908. The number of amides is 3. The number of methoxy groups -OCH3 is 1. The molecule has 14 heteroatoms. The van der Waals surface area contributed by atoms with Gasteiger partial charge in [0.15, 0.2) is 0 Å².